The van der Waals surface area contributed by atoms with Gasteiger partial charge in [0.2, 0.25) is 5.91 Å². The second-order valence-electron chi connectivity index (χ2n) is 4.92. The molecule has 0 spiro atoms. The molecule has 0 bridgehead atoms. The summed E-state index contributed by atoms with van der Waals surface area (Å²) in [6.07, 6.45) is 3.71. The number of hydrogen-bond acceptors (Lipinski definition) is 3. The Hall–Kier alpha value is -0.910. The molecule has 1 fully saturated rings. The molecule has 1 atom stereocenters. The van der Waals surface area contributed by atoms with Gasteiger partial charge in [0.15, 0.2) is 0 Å². The molecule has 0 radical (unpaired) electrons. The number of amides is 1. The van der Waals surface area contributed by atoms with Crippen molar-refractivity contribution >= 4 is 27.5 Å². The largest absolute Gasteiger partial charge is 0.380 e. The predicted octanol–water partition coefficient (Wildman–Crippen LogP) is 3.49. The van der Waals surface area contributed by atoms with E-state index in [-0.39, 0.29) is 12.0 Å². The number of ether oxygens (including phenoxy) is 2. The summed E-state index contributed by atoms with van der Waals surface area (Å²) in [5.74, 6) is 0.0240. The number of carbonyl (C=O) groups is 1. The van der Waals surface area contributed by atoms with Crippen molar-refractivity contribution in [1.29, 1.82) is 0 Å². The lowest BCUT2D eigenvalue weighted by Gasteiger charge is -2.13. The maximum atomic E-state index is 12.0. The van der Waals surface area contributed by atoms with E-state index in [4.69, 9.17) is 9.47 Å². The third-order valence-electron chi connectivity index (χ3n) is 3.40. The zero-order valence-corrected chi connectivity index (χ0v) is 13.2. The average Bonchev–Trinajstić information content (AvgIpc) is 2.94. The number of benzene rings is 1. The van der Waals surface area contributed by atoms with Crippen LogP contribution < -0.4 is 5.32 Å². The van der Waals surface area contributed by atoms with Gasteiger partial charge in [-0.15, -0.1) is 0 Å². The first-order chi connectivity index (χ1) is 9.70. The summed E-state index contributed by atoms with van der Waals surface area (Å²) in [5, 5.41) is 2.96. The number of anilines is 1. The van der Waals surface area contributed by atoms with Crippen LogP contribution in [0.3, 0.4) is 0 Å². The molecule has 0 aromatic heterocycles. The van der Waals surface area contributed by atoms with E-state index in [2.05, 4.69) is 21.2 Å². The SMILES string of the molecule is COCc1c(Br)cccc1NC(=O)CC[C@H]1CCCO1. The second-order valence-corrected chi connectivity index (χ2v) is 5.78. The van der Waals surface area contributed by atoms with Crippen molar-refractivity contribution in [2.24, 2.45) is 0 Å². The third-order valence-corrected chi connectivity index (χ3v) is 4.14. The third kappa shape index (κ3) is 4.30. The van der Waals surface area contributed by atoms with Gasteiger partial charge >= 0.3 is 0 Å². The summed E-state index contributed by atoms with van der Waals surface area (Å²) >= 11 is 3.48. The van der Waals surface area contributed by atoms with E-state index in [1.54, 1.807) is 7.11 Å². The Labute approximate surface area is 128 Å². The van der Waals surface area contributed by atoms with Crippen LogP contribution in [0.2, 0.25) is 0 Å². The minimum absolute atomic E-state index is 0.0240. The number of halogens is 1. The molecule has 20 heavy (non-hydrogen) atoms. The fraction of sp³-hybridized carbons (Fsp3) is 0.533. The number of methoxy groups -OCH3 is 1. The molecule has 0 unspecified atom stereocenters. The van der Waals surface area contributed by atoms with Crippen molar-refractivity contribution < 1.29 is 14.3 Å². The first kappa shape index (κ1) is 15.5. The van der Waals surface area contributed by atoms with Gasteiger partial charge in [0.05, 0.1) is 12.7 Å². The lowest BCUT2D eigenvalue weighted by atomic mass is 10.1. The van der Waals surface area contributed by atoms with E-state index in [0.717, 1.165) is 41.6 Å². The second kappa shape index (κ2) is 7.76. The average molecular weight is 342 g/mol. The molecule has 1 aliphatic heterocycles. The zero-order valence-electron chi connectivity index (χ0n) is 11.7. The molecule has 1 N–H and O–H groups in total. The molecule has 1 saturated heterocycles. The molecule has 1 aliphatic rings. The van der Waals surface area contributed by atoms with Gasteiger partial charge in [0.25, 0.3) is 0 Å². The quantitative estimate of drug-likeness (QED) is 0.861. The van der Waals surface area contributed by atoms with Crippen LogP contribution in [0.4, 0.5) is 5.69 Å². The van der Waals surface area contributed by atoms with Crippen LogP contribution in [-0.4, -0.2) is 25.7 Å². The molecule has 2 rings (SSSR count). The summed E-state index contributed by atoms with van der Waals surface area (Å²) in [4.78, 5) is 12.0. The Balaban J connectivity index is 1.91. The Kier molecular flexibility index (Phi) is 6.01. The summed E-state index contributed by atoms with van der Waals surface area (Å²) in [6.45, 7) is 1.29. The highest BCUT2D eigenvalue weighted by Gasteiger charge is 2.17. The van der Waals surface area contributed by atoms with Gasteiger partial charge in [0.1, 0.15) is 0 Å². The molecular formula is C15H20BrNO3. The van der Waals surface area contributed by atoms with Crippen LogP contribution in [0.15, 0.2) is 22.7 Å². The standard InChI is InChI=1S/C15H20BrNO3/c1-19-10-12-13(16)5-2-6-14(12)17-15(18)8-7-11-4-3-9-20-11/h2,5-6,11H,3-4,7-10H2,1H3,(H,17,18)/t11-/m1/s1. The maximum Gasteiger partial charge on any atom is 0.224 e. The van der Waals surface area contributed by atoms with Gasteiger partial charge in [0, 0.05) is 35.9 Å². The molecule has 5 heteroatoms. The van der Waals surface area contributed by atoms with Crippen LogP contribution in [0.25, 0.3) is 0 Å². The fourth-order valence-corrected chi connectivity index (χ4v) is 2.82. The maximum absolute atomic E-state index is 12.0. The van der Waals surface area contributed by atoms with Crippen molar-refractivity contribution in [2.75, 3.05) is 19.0 Å². The van der Waals surface area contributed by atoms with Gasteiger partial charge in [-0.1, -0.05) is 22.0 Å². The van der Waals surface area contributed by atoms with E-state index in [1.165, 1.54) is 0 Å². The summed E-state index contributed by atoms with van der Waals surface area (Å²) in [7, 11) is 1.64. The molecule has 1 aromatic carbocycles. The molecular weight excluding hydrogens is 322 g/mol. The molecule has 0 aliphatic carbocycles. The molecule has 1 amide bonds. The first-order valence-electron chi connectivity index (χ1n) is 6.88. The van der Waals surface area contributed by atoms with Crippen molar-refractivity contribution in [1.82, 2.24) is 0 Å². The van der Waals surface area contributed by atoms with E-state index < -0.39 is 0 Å². The van der Waals surface area contributed by atoms with E-state index in [0.29, 0.717) is 13.0 Å². The summed E-state index contributed by atoms with van der Waals surface area (Å²) in [5.41, 5.74) is 1.76. The smallest absolute Gasteiger partial charge is 0.224 e. The summed E-state index contributed by atoms with van der Waals surface area (Å²) in [6, 6.07) is 5.73. The molecule has 1 heterocycles. The Morgan fingerprint density at radius 3 is 3.10 bits per heavy atom. The van der Waals surface area contributed by atoms with Gasteiger partial charge in [-0.05, 0) is 31.4 Å². The van der Waals surface area contributed by atoms with Crippen LogP contribution in [0.1, 0.15) is 31.2 Å². The van der Waals surface area contributed by atoms with Crippen molar-refractivity contribution in [3.05, 3.63) is 28.2 Å². The highest BCUT2D eigenvalue weighted by atomic mass is 79.9. The molecule has 1 aromatic rings. The lowest BCUT2D eigenvalue weighted by molar-refractivity contribution is -0.116. The van der Waals surface area contributed by atoms with Crippen LogP contribution in [0, 0.1) is 0 Å². The highest BCUT2D eigenvalue weighted by molar-refractivity contribution is 9.10. The minimum atomic E-state index is 0.0240. The number of hydrogen-bond donors (Lipinski definition) is 1. The number of nitrogens with one attached hydrogen (secondary N) is 1. The Bertz CT molecular complexity index is 458. The van der Waals surface area contributed by atoms with Crippen molar-refractivity contribution in [3.63, 3.8) is 0 Å². The van der Waals surface area contributed by atoms with Gasteiger partial charge < -0.3 is 14.8 Å². The van der Waals surface area contributed by atoms with Crippen LogP contribution in [0.5, 0.6) is 0 Å². The van der Waals surface area contributed by atoms with E-state index >= 15 is 0 Å². The van der Waals surface area contributed by atoms with Crippen LogP contribution >= 0.6 is 15.9 Å². The van der Waals surface area contributed by atoms with Gasteiger partial charge in [-0.2, -0.15) is 0 Å². The Morgan fingerprint density at radius 2 is 2.40 bits per heavy atom. The lowest BCUT2D eigenvalue weighted by Crippen LogP contribution is -2.16. The zero-order chi connectivity index (χ0) is 14.4. The Morgan fingerprint density at radius 1 is 1.55 bits per heavy atom. The van der Waals surface area contributed by atoms with Gasteiger partial charge in [-0.25, -0.2) is 0 Å². The van der Waals surface area contributed by atoms with E-state index in [1.807, 2.05) is 18.2 Å². The minimum Gasteiger partial charge on any atom is -0.380 e. The molecule has 110 valence electrons. The highest BCUT2D eigenvalue weighted by Crippen LogP contribution is 2.26. The molecule has 4 nitrogen and oxygen atoms in total. The van der Waals surface area contributed by atoms with Gasteiger partial charge in [-0.3, -0.25) is 4.79 Å². The number of rotatable bonds is 6. The van der Waals surface area contributed by atoms with Crippen molar-refractivity contribution in [2.45, 2.75) is 38.4 Å². The topological polar surface area (TPSA) is 47.6 Å². The van der Waals surface area contributed by atoms with E-state index in [9.17, 15) is 4.79 Å². The normalized spacial score (nSPS) is 18.2. The summed E-state index contributed by atoms with van der Waals surface area (Å²) < 4.78 is 11.6. The molecule has 0 saturated carbocycles. The first-order valence-corrected chi connectivity index (χ1v) is 7.68. The number of carbonyl (C=O) groups excluding carboxylic acids is 1. The fourth-order valence-electron chi connectivity index (χ4n) is 2.34. The van der Waals surface area contributed by atoms with Crippen LogP contribution in [-0.2, 0) is 20.9 Å². The van der Waals surface area contributed by atoms with Crippen molar-refractivity contribution in [3.8, 4) is 0 Å². The predicted molar refractivity (Wildman–Crippen MR) is 81.7 cm³/mol. The monoisotopic (exact) mass is 341 g/mol.